The molecule has 0 radical (unpaired) electrons. The predicted molar refractivity (Wildman–Crippen MR) is 104 cm³/mol. The summed E-state index contributed by atoms with van der Waals surface area (Å²) in [6.07, 6.45) is 1.57. The number of hydrogen-bond donors (Lipinski definition) is 2. The molecule has 1 aromatic heterocycles. The van der Waals surface area contributed by atoms with Crippen LogP contribution in [0.4, 0.5) is 0 Å². The molecule has 136 valence electrons. The first-order valence-corrected chi connectivity index (χ1v) is 8.94. The maximum Gasteiger partial charge on any atom is 0.214 e. The summed E-state index contributed by atoms with van der Waals surface area (Å²) in [5, 5.41) is 7.13. The molecule has 6 nitrogen and oxygen atoms in total. The van der Waals surface area contributed by atoms with Gasteiger partial charge in [-0.25, -0.2) is 4.68 Å². The Bertz CT molecular complexity index is 911. The van der Waals surface area contributed by atoms with E-state index < -0.39 is 0 Å². The van der Waals surface area contributed by atoms with Crippen LogP contribution in [0.2, 0.25) is 5.02 Å². The third-order valence-electron chi connectivity index (χ3n) is 3.64. The molecule has 0 saturated carbocycles. The van der Waals surface area contributed by atoms with Crippen molar-refractivity contribution in [2.75, 3.05) is 12.0 Å². The molecule has 2 aromatic carbocycles. The van der Waals surface area contributed by atoms with Crippen molar-refractivity contribution in [3.63, 3.8) is 0 Å². The minimum atomic E-state index is 0.443. The van der Waals surface area contributed by atoms with Gasteiger partial charge in [0.1, 0.15) is 12.9 Å². The molecule has 0 atom stereocenters. The second kappa shape index (κ2) is 8.73. The number of benzene rings is 2. The van der Waals surface area contributed by atoms with Crippen molar-refractivity contribution in [1.82, 2.24) is 14.9 Å². The standard InChI is InChI=1S/C18H19ClN4O2S/c1-2-24-16-8-14(10-21-23-12-20-22-18(23)26)15(19)9-17(16)25-11-13-6-4-3-5-7-13/h3-9,12,21H,2,10-11H2,1H3,(H,22,26). The summed E-state index contributed by atoms with van der Waals surface area (Å²) >= 11 is 11.5. The first-order chi connectivity index (χ1) is 12.7. The Hall–Kier alpha value is -2.51. The van der Waals surface area contributed by atoms with Crippen LogP contribution in [-0.4, -0.2) is 21.5 Å². The average molecular weight is 391 g/mol. The van der Waals surface area contributed by atoms with Gasteiger partial charge in [0.25, 0.3) is 0 Å². The molecule has 3 aromatic rings. The van der Waals surface area contributed by atoms with Gasteiger partial charge in [-0.1, -0.05) is 41.9 Å². The summed E-state index contributed by atoms with van der Waals surface area (Å²) in [7, 11) is 0. The monoisotopic (exact) mass is 390 g/mol. The van der Waals surface area contributed by atoms with Gasteiger partial charge in [0.15, 0.2) is 11.5 Å². The Kier molecular flexibility index (Phi) is 6.14. The summed E-state index contributed by atoms with van der Waals surface area (Å²) in [5.74, 6) is 1.27. The summed E-state index contributed by atoms with van der Waals surface area (Å²) in [4.78, 5) is 0. The van der Waals surface area contributed by atoms with Gasteiger partial charge >= 0.3 is 0 Å². The van der Waals surface area contributed by atoms with Crippen LogP contribution in [-0.2, 0) is 13.2 Å². The van der Waals surface area contributed by atoms with Crippen molar-refractivity contribution in [1.29, 1.82) is 0 Å². The zero-order valence-corrected chi connectivity index (χ0v) is 15.8. The SMILES string of the molecule is CCOc1cc(CNn2cn[nH]c2=S)c(Cl)cc1OCc1ccccc1. The molecule has 0 fully saturated rings. The van der Waals surface area contributed by atoms with Gasteiger partial charge in [-0.15, -0.1) is 0 Å². The van der Waals surface area contributed by atoms with Crippen LogP contribution in [0, 0.1) is 4.77 Å². The van der Waals surface area contributed by atoms with E-state index in [-0.39, 0.29) is 0 Å². The number of ether oxygens (including phenoxy) is 2. The van der Waals surface area contributed by atoms with Gasteiger partial charge in [0.05, 0.1) is 13.2 Å². The number of hydrogen-bond acceptors (Lipinski definition) is 5. The molecule has 0 bridgehead atoms. The Labute approximate surface area is 161 Å². The number of H-pyrrole nitrogens is 1. The van der Waals surface area contributed by atoms with Crippen LogP contribution < -0.4 is 14.9 Å². The molecule has 0 unspecified atom stereocenters. The number of nitrogens with zero attached hydrogens (tertiary/aromatic N) is 2. The minimum Gasteiger partial charge on any atom is -0.490 e. The van der Waals surface area contributed by atoms with Crippen molar-refractivity contribution in [3.8, 4) is 11.5 Å². The van der Waals surface area contributed by atoms with Gasteiger partial charge in [0.2, 0.25) is 4.77 Å². The van der Waals surface area contributed by atoms with Gasteiger partial charge in [-0.05, 0) is 36.3 Å². The lowest BCUT2D eigenvalue weighted by atomic mass is 10.2. The molecule has 0 saturated heterocycles. The highest BCUT2D eigenvalue weighted by atomic mass is 35.5. The molecule has 2 N–H and O–H groups in total. The zero-order chi connectivity index (χ0) is 18.4. The first kappa shape index (κ1) is 18.3. The highest BCUT2D eigenvalue weighted by molar-refractivity contribution is 7.71. The highest BCUT2D eigenvalue weighted by Gasteiger charge is 2.12. The summed E-state index contributed by atoms with van der Waals surface area (Å²) in [6.45, 7) is 3.37. The smallest absolute Gasteiger partial charge is 0.214 e. The van der Waals surface area contributed by atoms with Crippen molar-refractivity contribution < 1.29 is 9.47 Å². The number of aromatic nitrogens is 3. The third kappa shape index (κ3) is 4.56. The van der Waals surface area contributed by atoms with Crippen molar-refractivity contribution in [3.05, 3.63) is 69.7 Å². The molecular weight excluding hydrogens is 372 g/mol. The molecule has 0 aliphatic heterocycles. The summed E-state index contributed by atoms with van der Waals surface area (Å²) in [5.41, 5.74) is 5.08. The largest absolute Gasteiger partial charge is 0.490 e. The maximum absolute atomic E-state index is 6.43. The Morgan fingerprint density at radius 2 is 1.96 bits per heavy atom. The van der Waals surface area contributed by atoms with E-state index in [1.165, 1.54) is 0 Å². The zero-order valence-electron chi connectivity index (χ0n) is 14.2. The fraction of sp³-hybridized carbons (Fsp3) is 0.222. The van der Waals surface area contributed by atoms with Gasteiger partial charge < -0.3 is 14.9 Å². The normalized spacial score (nSPS) is 10.5. The van der Waals surface area contributed by atoms with E-state index in [0.29, 0.717) is 41.1 Å². The van der Waals surface area contributed by atoms with E-state index in [1.54, 1.807) is 17.1 Å². The predicted octanol–water partition coefficient (Wildman–Crippen LogP) is 4.32. The lowest BCUT2D eigenvalue weighted by molar-refractivity contribution is 0.269. The topological polar surface area (TPSA) is 64.1 Å². The second-order valence-corrected chi connectivity index (χ2v) is 6.26. The lowest BCUT2D eigenvalue weighted by Crippen LogP contribution is -2.14. The van der Waals surface area contributed by atoms with Crippen LogP contribution in [0.5, 0.6) is 11.5 Å². The number of rotatable bonds is 8. The first-order valence-electron chi connectivity index (χ1n) is 8.15. The molecule has 0 spiro atoms. The second-order valence-electron chi connectivity index (χ2n) is 5.46. The van der Waals surface area contributed by atoms with E-state index in [0.717, 1.165) is 11.1 Å². The molecular formula is C18H19ClN4O2S. The molecule has 0 amide bonds. The molecule has 0 aliphatic rings. The van der Waals surface area contributed by atoms with E-state index in [9.17, 15) is 0 Å². The summed E-state index contributed by atoms with van der Waals surface area (Å²) in [6, 6.07) is 13.6. The number of halogens is 1. The van der Waals surface area contributed by atoms with Gasteiger partial charge in [0, 0.05) is 11.1 Å². The van der Waals surface area contributed by atoms with Gasteiger partial charge in [-0.2, -0.15) is 5.10 Å². The molecule has 26 heavy (non-hydrogen) atoms. The Morgan fingerprint density at radius 3 is 2.65 bits per heavy atom. The number of nitrogens with one attached hydrogen (secondary N) is 2. The third-order valence-corrected chi connectivity index (χ3v) is 4.28. The average Bonchev–Trinajstić information content (AvgIpc) is 3.06. The van der Waals surface area contributed by atoms with E-state index in [4.69, 9.17) is 33.3 Å². The highest BCUT2D eigenvalue weighted by Crippen LogP contribution is 2.34. The summed E-state index contributed by atoms with van der Waals surface area (Å²) < 4.78 is 13.7. The quantitative estimate of drug-likeness (QED) is 0.561. The lowest BCUT2D eigenvalue weighted by Gasteiger charge is -2.15. The van der Waals surface area contributed by atoms with Crippen LogP contribution in [0.1, 0.15) is 18.1 Å². The molecule has 8 heteroatoms. The van der Waals surface area contributed by atoms with Crippen LogP contribution in [0.3, 0.4) is 0 Å². The van der Waals surface area contributed by atoms with E-state index in [2.05, 4.69) is 15.6 Å². The van der Waals surface area contributed by atoms with Crippen molar-refractivity contribution >= 4 is 23.8 Å². The molecule has 1 heterocycles. The van der Waals surface area contributed by atoms with Crippen molar-refractivity contribution in [2.45, 2.75) is 20.1 Å². The molecule has 3 rings (SSSR count). The van der Waals surface area contributed by atoms with E-state index in [1.807, 2.05) is 43.3 Å². The Balaban J connectivity index is 1.76. The minimum absolute atomic E-state index is 0.443. The fourth-order valence-electron chi connectivity index (χ4n) is 2.36. The molecule has 0 aliphatic carbocycles. The maximum atomic E-state index is 6.43. The van der Waals surface area contributed by atoms with Crippen LogP contribution >= 0.6 is 23.8 Å². The van der Waals surface area contributed by atoms with Gasteiger partial charge in [-0.3, -0.25) is 5.10 Å². The van der Waals surface area contributed by atoms with Crippen LogP contribution in [0.15, 0.2) is 48.8 Å². The van der Waals surface area contributed by atoms with E-state index >= 15 is 0 Å². The number of aromatic amines is 1. The fourth-order valence-corrected chi connectivity index (χ4v) is 2.75. The Morgan fingerprint density at radius 1 is 1.19 bits per heavy atom. The van der Waals surface area contributed by atoms with Crippen LogP contribution in [0.25, 0.3) is 0 Å². The van der Waals surface area contributed by atoms with Crippen molar-refractivity contribution in [2.24, 2.45) is 0 Å².